The van der Waals surface area contributed by atoms with Gasteiger partial charge in [-0.25, -0.2) is 0 Å². The lowest BCUT2D eigenvalue weighted by Crippen LogP contribution is -2.17. The number of carbonyl (C=O) groups is 1. The minimum absolute atomic E-state index is 0.147. The molecule has 0 aliphatic carbocycles. The third-order valence-corrected chi connectivity index (χ3v) is 3.32. The number of carbonyl (C=O) groups excluding carboxylic acids is 1. The Labute approximate surface area is 90.1 Å². The van der Waals surface area contributed by atoms with Crippen molar-refractivity contribution in [1.29, 1.82) is 0 Å². The molecule has 0 rings (SSSR count). The van der Waals surface area contributed by atoms with Crippen LogP contribution in [0.3, 0.4) is 0 Å². The van der Waals surface area contributed by atoms with E-state index in [1.807, 2.05) is 32.8 Å². The molecule has 0 bridgehead atoms. The summed E-state index contributed by atoms with van der Waals surface area (Å²) in [5.41, 5.74) is 0. The zero-order valence-electron chi connectivity index (χ0n) is 8.66. The van der Waals surface area contributed by atoms with Gasteiger partial charge in [0.1, 0.15) is 10.1 Å². The van der Waals surface area contributed by atoms with Crippen LogP contribution in [0.4, 0.5) is 0 Å². The second kappa shape index (κ2) is 6.38. The maximum absolute atomic E-state index is 11.2. The van der Waals surface area contributed by atoms with Crippen LogP contribution in [0.2, 0.25) is 0 Å². The summed E-state index contributed by atoms with van der Waals surface area (Å²) in [5, 5.41) is 0. The van der Waals surface area contributed by atoms with Crippen LogP contribution in [0, 0.1) is 5.92 Å². The number of rotatable bonds is 4. The number of hydrogen-bond donors (Lipinski definition) is 0. The van der Waals surface area contributed by atoms with Gasteiger partial charge in [0, 0.05) is 32.2 Å². The third kappa shape index (κ3) is 6.05. The summed E-state index contributed by atoms with van der Waals surface area (Å²) in [6.45, 7) is 3.86. The first kappa shape index (κ1) is 12.9. The molecule has 0 aliphatic rings. The highest BCUT2D eigenvalue weighted by Gasteiger charge is 2.07. The largest absolute Gasteiger partial charge is 0.364 e. The fourth-order valence-corrected chi connectivity index (χ4v) is 1.64. The quantitative estimate of drug-likeness (QED) is 0.675. The van der Waals surface area contributed by atoms with Crippen LogP contribution in [-0.4, -0.2) is 34.9 Å². The van der Waals surface area contributed by atoms with Crippen LogP contribution < -0.4 is 0 Å². The standard InChI is InChI=1S/C9H17NOS2/c1-7(2)8(11)5-6-13-9(12)10(3)4/h7H,5-6H2,1-4H3. The Hall–Kier alpha value is -0.0900. The van der Waals surface area contributed by atoms with Gasteiger partial charge >= 0.3 is 0 Å². The van der Waals surface area contributed by atoms with Gasteiger partial charge in [-0.2, -0.15) is 0 Å². The first-order valence-corrected chi connectivity index (χ1v) is 5.71. The number of Topliss-reactive ketones (excluding diaryl/α,β-unsaturated/α-hetero) is 1. The van der Waals surface area contributed by atoms with E-state index in [9.17, 15) is 4.79 Å². The summed E-state index contributed by atoms with van der Waals surface area (Å²) >= 11 is 6.64. The summed E-state index contributed by atoms with van der Waals surface area (Å²) in [6, 6.07) is 0. The predicted molar refractivity (Wildman–Crippen MR) is 63.2 cm³/mol. The van der Waals surface area contributed by atoms with Gasteiger partial charge in [0.25, 0.3) is 0 Å². The molecule has 0 aromatic carbocycles. The maximum Gasteiger partial charge on any atom is 0.136 e. The molecule has 0 heterocycles. The van der Waals surface area contributed by atoms with E-state index >= 15 is 0 Å². The first-order valence-electron chi connectivity index (χ1n) is 4.32. The van der Waals surface area contributed by atoms with Crippen molar-refractivity contribution in [1.82, 2.24) is 4.90 Å². The van der Waals surface area contributed by atoms with E-state index in [1.165, 1.54) is 0 Å². The first-order chi connectivity index (χ1) is 5.95. The minimum Gasteiger partial charge on any atom is -0.364 e. The van der Waals surface area contributed by atoms with Crippen LogP contribution in [0.1, 0.15) is 20.3 Å². The van der Waals surface area contributed by atoms with Crippen LogP contribution in [-0.2, 0) is 4.79 Å². The number of hydrogen-bond acceptors (Lipinski definition) is 3. The monoisotopic (exact) mass is 219 g/mol. The topological polar surface area (TPSA) is 20.3 Å². The van der Waals surface area contributed by atoms with Gasteiger partial charge in [-0.15, -0.1) is 0 Å². The van der Waals surface area contributed by atoms with Crippen molar-refractivity contribution in [3.63, 3.8) is 0 Å². The predicted octanol–water partition coefficient (Wildman–Crippen LogP) is 2.18. The molecule has 0 aliphatic heterocycles. The Bertz CT molecular complexity index is 170. The molecule has 0 aromatic heterocycles. The molecule has 2 nitrogen and oxygen atoms in total. The van der Waals surface area contributed by atoms with Crippen LogP contribution in [0.5, 0.6) is 0 Å². The van der Waals surface area contributed by atoms with E-state index in [-0.39, 0.29) is 5.92 Å². The lowest BCUT2D eigenvalue weighted by Gasteiger charge is -2.12. The van der Waals surface area contributed by atoms with Gasteiger partial charge in [-0.05, 0) is 0 Å². The van der Waals surface area contributed by atoms with Gasteiger partial charge in [0.2, 0.25) is 0 Å². The van der Waals surface area contributed by atoms with Crippen molar-refractivity contribution in [2.45, 2.75) is 20.3 Å². The van der Waals surface area contributed by atoms with E-state index in [1.54, 1.807) is 11.8 Å². The van der Waals surface area contributed by atoms with Gasteiger partial charge in [0.15, 0.2) is 0 Å². The molecule has 0 fully saturated rings. The normalized spacial score (nSPS) is 10.2. The number of thioether (sulfide) groups is 1. The molecule has 0 spiro atoms. The van der Waals surface area contributed by atoms with Crippen molar-refractivity contribution in [3.8, 4) is 0 Å². The molecular weight excluding hydrogens is 202 g/mol. The Balaban J connectivity index is 3.57. The molecule has 0 atom stereocenters. The molecule has 4 heteroatoms. The molecular formula is C9H17NOS2. The lowest BCUT2D eigenvalue weighted by molar-refractivity contribution is -0.121. The van der Waals surface area contributed by atoms with Crippen LogP contribution in [0.15, 0.2) is 0 Å². The minimum atomic E-state index is 0.147. The molecule has 0 saturated carbocycles. The summed E-state index contributed by atoms with van der Waals surface area (Å²) in [4.78, 5) is 13.1. The fourth-order valence-electron chi connectivity index (χ4n) is 0.657. The number of thiocarbonyl (C=S) groups is 1. The van der Waals surface area contributed by atoms with Crippen molar-refractivity contribution in [2.75, 3.05) is 19.8 Å². The molecule has 0 saturated heterocycles. The highest BCUT2D eigenvalue weighted by Crippen LogP contribution is 2.10. The van der Waals surface area contributed by atoms with E-state index in [0.29, 0.717) is 12.2 Å². The molecule has 0 aromatic rings. The van der Waals surface area contributed by atoms with Gasteiger partial charge < -0.3 is 4.90 Å². The number of ketones is 1. The molecule has 0 unspecified atom stereocenters. The van der Waals surface area contributed by atoms with Crippen molar-refractivity contribution >= 4 is 34.1 Å². The average molecular weight is 219 g/mol. The lowest BCUT2D eigenvalue weighted by atomic mass is 10.1. The van der Waals surface area contributed by atoms with E-state index in [0.717, 1.165) is 10.1 Å². The van der Waals surface area contributed by atoms with E-state index in [2.05, 4.69) is 0 Å². The molecule has 0 amide bonds. The fraction of sp³-hybridized carbons (Fsp3) is 0.778. The van der Waals surface area contributed by atoms with Crippen molar-refractivity contribution < 1.29 is 4.79 Å². The zero-order chi connectivity index (χ0) is 10.4. The maximum atomic E-state index is 11.2. The summed E-state index contributed by atoms with van der Waals surface area (Å²) in [7, 11) is 3.83. The van der Waals surface area contributed by atoms with Crippen molar-refractivity contribution in [3.05, 3.63) is 0 Å². The highest BCUT2D eigenvalue weighted by molar-refractivity contribution is 8.22. The highest BCUT2D eigenvalue weighted by atomic mass is 32.2. The smallest absolute Gasteiger partial charge is 0.136 e. The molecule has 0 radical (unpaired) electrons. The summed E-state index contributed by atoms with van der Waals surface area (Å²) in [5.74, 6) is 1.26. The molecule has 0 N–H and O–H groups in total. The Morgan fingerprint density at radius 2 is 2.00 bits per heavy atom. The van der Waals surface area contributed by atoms with E-state index in [4.69, 9.17) is 12.2 Å². The van der Waals surface area contributed by atoms with Crippen molar-refractivity contribution in [2.24, 2.45) is 5.92 Å². The third-order valence-electron chi connectivity index (χ3n) is 1.58. The van der Waals surface area contributed by atoms with Gasteiger partial charge in [-0.1, -0.05) is 37.8 Å². The number of nitrogens with zero attached hydrogens (tertiary/aromatic N) is 1. The SMILES string of the molecule is CC(C)C(=O)CCSC(=S)N(C)C. The second-order valence-electron chi connectivity index (χ2n) is 3.38. The summed E-state index contributed by atoms with van der Waals surface area (Å²) < 4.78 is 0.844. The van der Waals surface area contributed by atoms with Crippen LogP contribution in [0.25, 0.3) is 0 Å². The average Bonchev–Trinajstić information content (AvgIpc) is 2.03. The Kier molecular flexibility index (Phi) is 6.33. The Morgan fingerprint density at radius 1 is 1.46 bits per heavy atom. The Morgan fingerprint density at radius 3 is 2.38 bits per heavy atom. The summed E-state index contributed by atoms with van der Waals surface area (Å²) in [6.07, 6.45) is 0.621. The van der Waals surface area contributed by atoms with Gasteiger partial charge in [0.05, 0.1) is 0 Å². The zero-order valence-corrected chi connectivity index (χ0v) is 10.3. The van der Waals surface area contributed by atoms with Crippen LogP contribution >= 0.6 is 24.0 Å². The molecule has 13 heavy (non-hydrogen) atoms. The second-order valence-corrected chi connectivity index (χ2v) is 5.11. The molecule has 76 valence electrons. The van der Waals surface area contributed by atoms with E-state index < -0.39 is 0 Å². The van der Waals surface area contributed by atoms with Gasteiger partial charge in [-0.3, -0.25) is 4.79 Å².